The molecule has 3 heteroatoms. The maximum absolute atomic E-state index is 5.37. The highest BCUT2D eigenvalue weighted by Crippen LogP contribution is 2.26. The fourth-order valence-corrected chi connectivity index (χ4v) is 2.21. The summed E-state index contributed by atoms with van der Waals surface area (Å²) in [5, 5.41) is 3.34. The molecule has 18 heavy (non-hydrogen) atoms. The lowest BCUT2D eigenvalue weighted by Gasteiger charge is -2.18. The van der Waals surface area contributed by atoms with Crippen molar-refractivity contribution in [3.8, 4) is 5.75 Å². The van der Waals surface area contributed by atoms with E-state index in [0.29, 0.717) is 6.04 Å². The maximum Gasteiger partial charge on any atom is 0.141 e. The van der Waals surface area contributed by atoms with Gasteiger partial charge in [-0.3, -0.25) is 4.98 Å². The average Bonchev–Trinajstić information content (AvgIpc) is 2.43. The molecule has 1 aromatic heterocycles. The van der Waals surface area contributed by atoms with Crippen molar-refractivity contribution in [3.63, 3.8) is 0 Å². The zero-order valence-electron chi connectivity index (χ0n) is 11.9. The first-order valence-corrected chi connectivity index (χ1v) is 6.99. The van der Waals surface area contributed by atoms with Crippen molar-refractivity contribution < 1.29 is 4.74 Å². The van der Waals surface area contributed by atoms with Gasteiger partial charge in [0.2, 0.25) is 0 Å². The van der Waals surface area contributed by atoms with Crippen LogP contribution in [0.1, 0.15) is 57.2 Å². The number of rotatable bonds is 9. The summed E-state index contributed by atoms with van der Waals surface area (Å²) in [4.78, 5) is 4.45. The van der Waals surface area contributed by atoms with E-state index in [2.05, 4.69) is 17.2 Å². The lowest BCUT2D eigenvalue weighted by atomic mass is 10.0. The van der Waals surface area contributed by atoms with Crippen molar-refractivity contribution in [3.05, 3.63) is 24.0 Å². The molecule has 1 unspecified atom stereocenters. The van der Waals surface area contributed by atoms with Crippen LogP contribution < -0.4 is 10.1 Å². The van der Waals surface area contributed by atoms with Gasteiger partial charge in [0.15, 0.2) is 0 Å². The molecule has 1 rings (SSSR count). The molecule has 0 spiro atoms. The van der Waals surface area contributed by atoms with E-state index in [0.717, 1.165) is 17.9 Å². The number of ether oxygens (including phenoxy) is 1. The van der Waals surface area contributed by atoms with Crippen LogP contribution in [-0.2, 0) is 0 Å². The zero-order chi connectivity index (χ0) is 13.2. The molecule has 0 aromatic carbocycles. The zero-order valence-corrected chi connectivity index (χ0v) is 11.9. The standard InChI is InChI=1S/C15H26N2O/c1-4-5-6-7-8-10-13(16-2)15-14(18-3)11-9-12-17-15/h9,11-13,16H,4-8,10H2,1-3H3. The van der Waals surface area contributed by atoms with Crippen LogP contribution in [0.25, 0.3) is 0 Å². The average molecular weight is 250 g/mol. The third-order valence-electron chi connectivity index (χ3n) is 3.29. The molecule has 1 N–H and O–H groups in total. The van der Waals surface area contributed by atoms with Gasteiger partial charge in [0.05, 0.1) is 18.8 Å². The van der Waals surface area contributed by atoms with Crippen LogP contribution in [0.2, 0.25) is 0 Å². The van der Waals surface area contributed by atoms with E-state index >= 15 is 0 Å². The number of unbranched alkanes of at least 4 members (excludes halogenated alkanes) is 4. The molecule has 1 aromatic rings. The van der Waals surface area contributed by atoms with Gasteiger partial charge in [0, 0.05) is 6.20 Å². The molecule has 0 fully saturated rings. The minimum Gasteiger partial charge on any atom is -0.495 e. The molecule has 0 saturated carbocycles. The van der Waals surface area contributed by atoms with Crippen LogP contribution in [0, 0.1) is 0 Å². The third kappa shape index (κ3) is 4.65. The van der Waals surface area contributed by atoms with Crippen molar-refractivity contribution >= 4 is 0 Å². The quantitative estimate of drug-likeness (QED) is 0.678. The normalized spacial score (nSPS) is 12.4. The first-order valence-electron chi connectivity index (χ1n) is 6.99. The second-order valence-electron chi connectivity index (χ2n) is 4.64. The first-order chi connectivity index (χ1) is 8.83. The molecule has 3 nitrogen and oxygen atoms in total. The van der Waals surface area contributed by atoms with E-state index in [1.165, 1.54) is 32.1 Å². The SMILES string of the molecule is CCCCCCCC(NC)c1ncccc1OC. The molecule has 0 aliphatic rings. The monoisotopic (exact) mass is 250 g/mol. The smallest absolute Gasteiger partial charge is 0.141 e. The fourth-order valence-electron chi connectivity index (χ4n) is 2.21. The minimum atomic E-state index is 0.294. The maximum atomic E-state index is 5.37. The molecule has 0 bridgehead atoms. The minimum absolute atomic E-state index is 0.294. The van der Waals surface area contributed by atoms with Crippen molar-refractivity contribution in [2.45, 2.75) is 51.5 Å². The van der Waals surface area contributed by atoms with Gasteiger partial charge in [-0.2, -0.15) is 0 Å². The third-order valence-corrected chi connectivity index (χ3v) is 3.29. The van der Waals surface area contributed by atoms with Crippen LogP contribution in [-0.4, -0.2) is 19.1 Å². The Balaban J connectivity index is 2.49. The Hall–Kier alpha value is -1.09. The molecule has 0 saturated heterocycles. The van der Waals surface area contributed by atoms with Crippen LogP contribution in [0.3, 0.4) is 0 Å². The predicted molar refractivity (Wildman–Crippen MR) is 76.0 cm³/mol. The summed E-state index contributed by atoms with van der Waals surface area (Å²) in [6.45, 7) is 2.25. The highest BCUT2D eigenvalue weighted by atomic mass is 16.5. The van der Waals surface area contributed by atoms with Crippen molar-refractivity contribution in [2.24, 2.45) is 0 Å². The van der Waals surface area contributed by atoms with E-state index in [4.69, 9.17) is 4.74 Å². The Labute approximate surface area is 111 Å². The molecule has 1 heterocycles. The van der Waals surface area contributed by atoms with Gasteiger partial charge >= 0.3 is 0 Å². The molecule has 0 aliphatic heterocycles. The summed E-state index contributed by atoms with van der Waals surface area (Å²) in [7, 11) is 3.69. The van der Waals surface area contributed by atoms with Gasteiger partial charge in [0.25, 0.3) is 0 Å². The molecular weight excluding hydrogens is 224 g/mol. The van der Waals surface area contributed by atoms with Gasteiger partial charge in [0.1, 0.15) is 5.75 Å². The summed E-state index contributed by atoms with van der Waals surface area (Å²) in [5.41, 5.74) is 1.03. The Morgan fingerprint density at radius 3 is 2.72 bits per heavy atom. The highest BCUT2D eigenvalue weighted by Gasteiger charge is 2.14. The van der Waals surface area contributed by atoms with Crippen LogP contribution in [0.15, 0.2) is 18.3 Å². The summed E-state index contributed by atoms with van der Waals surface area (Å²) in [6.07, 6.45) is 9.48. The van der Waals surface area contributed by atoms with E-state index in [9.17, 15) is 0 Å². The lowest BCUT2D eigenvalue weighted by molar-refractivity contribution is 0.391. The molecule has 0 amide bonds. The summed E-state index contributed by atoms with van der Waals surface area (Å²) in [5.74, 6) is 0.880. The number of aromatic nitrogens is 1. The molecule has 102 valence electrons. The van der Waals surface area contributed by atoms with Crippen LogP contribution >= 0.6 is 0 Å². The van der Waals surface area contributed by atoms with Gasteiger partial charge in [-0.15, -0.1) is 0 Å². The highest BCUT2D eigenvalue weighted by molar-refractivity contribution is 5.29. The topological polar surface area (TPSA) is 34.2 Å². The largest absolute Gasteiger partial charge is 0.495 e. The Kier molecular flexibility index (Phi) is 7.42. The number of methoxy groups -OCH3 is 1. The number of pyridine rings is 1. The lowest BCUT2D eigenvalue weighted by Crippen LogP contribution is -2.18. The molecule has 0 aliphatic carbocycles. The molecule has 1 atom stereocenters. The van der Waals surface area contributed by atoms with E-state index in [1.54, 1.807) is 7.11 Å². The van der Waals surface area contributed by atoms with Gasteiger partial charge in [-0.1, -0.05) is 39.0 Å². The van der Waals surface area contributed by atoms with E-state index in [1.807, 2.05) is 25.4 Å². The Bertz CT molecular complexity index is 328. The van der Waals surface area contributed by atoms with E-state index < -0.39 is 0 Å². The number of hydrogen-bond acceptors (Lipinski definition) is 3. The van der Waals surface area contributed by atoms with Crippen LogP contribution in [0.5, 0.6) is 5.75 Å². The second-order valence-corrected chi connectivity index (χ2v) is 4.64. The van der Waals surface area contributed by atoms with Gasteiger partial charge in [-0.25, -0.2) is 0 Å². The molecular formula is C15H26N2O. The van der Waals surface area contributed by atoms with Crippen molar-refractivity contribution in [1.29, 1.82) is 0 Å². The van der Waals surface area contributed by atoms with Gasteiger partial charge in [-0.05, 0) is 25.6 Å². The summed E-state index contributed by atoms with van der Waals surface area (Å²) in [6, 6.07) is 4.18. The predicted octanol–water partition coefficient (Wildman–Crippen LogP) is 3.71. The van der Waals surface area contributed by atoms with Crippen molar-refractivity contribution in [2.75, 3.05) is 14.2 Å². The van der Waals surface area contributed by atoms with Crippen LogP contribution in [0.4, 0.5) is 0 Å². The first kappa shape index (κ1) is 15.0. The van der Waals surface area contributed by atoms with E-state index in [-0.39, 0.29) is 0 Å². The molecule has 0 radical (unpaired) electrons. The van der Waals surface area contributed by atoms with Gasteiger partial charge < -0.3 is 10.1 Å². The Morgan fingerprint density at radius 1 is 1.28 bits per heavy atom. The van der Waals surface area contributed by atoms with Crippen molar-refractivity contribution in [1.82, 2.24) is 10.3 Å². The number of nitrogens with zero attached hydrogens (tertiary/aromatic N) is 1. The summed E-state index contributed by atoms with van der Waals surface area (Å²) >= 11 is 0. The number of nitrogens with one attached hydrogen (secondary N) is 1. The Morgan fingerprint density at radius 2 is 2.06 bits per heavy atom. The number of hydrogen-bond donors (Lipinski definition) is 1. The summed E-state index contributed by atoms with van der Waals surface area (Å²) < 4.78 is 5.37. The second kappa shape index (κ2) is 8.92. The fraction of sp³-hybridized carbons (Fsp3) is 0.667.